The van der Waals surface area contributed by atoms with Gasteiger partial charge in [-0.3, -0.25) is 0 Å². The molecule has 0 saturated heterocycles. The molecule has 1 aliphatic carbocycles. The van der Waals surface area contributed by atoms with Crippen LogP contribution in [0.15, 0.2) is 40.9 Å². The molecule has 2 nitrogen and oxygen atoms in total. The van der Waals surface area contributed by atoms with E-state index in [0.717, 1.165) is 33.1 Å². The number of hydrogen-bond acceptors (Lipinski definition) is 2. The monoisotopic (exact) mass is 365 g/mol. The van der Waals surface area contributed by atoms with Crippen molar-refractivity contribution < 1.29 is 4.74 Å². The minimum Gasteiger partial charge on any atom is -0.456 e. The molecule has 2 aromatic rings. The molecule has 110 valence electrons. The average Bonchev–Trinajstić information content (AvgIpc) is 3.25. The molecule has 0 aromatic heterocycles. The van der Waals surface area contributed by atoms with E-state index in [-0.39, 0.29) is 0 Å². The summed E-state index contributed by atoms with van der Waals surface area (Å²) in [5.74, 6) is 1.61. The highest BCUT2D eigenvalue weighted by Gasteiger charge is 2.21. The Kier molecular flexibility index (Phi) is 4.53. The first-order valence-corrected chi connectivity index (χ1v) is 8.25. The van der Waals surface area contributed by atoms with Crippen LogP contribution in [0.1, 0.15) is 24.0 Å². The lowest BCUT2D eigenvalue weighted by Gasteiger charge is -2.14. The van der Waals surface area contributed by atoms with Crippen LogP contribution in [0.3, 0.4) is 0 Å². The van der Waals surface area contributed by atoms with Crippen LogP contribution < -0.4 is 10.1 Å². The van der Waals surface area contributed by atoms with Gasteiger partial charge in [0.25, 0.3) is 0 Å². The van der Waals surface area contributed by atoms with Crippen molar-refractivity contribution in [3.8, 4) is 11.5 Å². The highest BCUT2D eigenvalue weighted by atomic mass is 79.9. The van der Waals surface area contributed by atoms with Gasteiger partial charge in [-0.1, -0.05) is 23.7 Å². The van der Waals surface area contributed by atoms with E-state index in [1.54, 1.807) is 0 Å². The van der Waals surface area contributed by atoms with Crippen molar-refractivity contribution in [1.82, 2.24) is 5.32 Å². The molecule has 0 bridgehead atoms. The highest BCUT2D eigenvalue weighted by molar-refractivity contribution is 9.10. The topological polar surface area (TPSA) is 21.3 Å². The molecule has 4 heteroatoms. The van der Waals surface area contributed by atoms with Gasteiger partial charge in [-0.05, 0) is 65.5 Å². The lowest BCUT2D eigenvalue weighted by Crippen LogP contribution is -2.16. The molecule has 1 aliphatic rings. The summed E-state index contributed by atoms with van der Waals surface area (Å²) in [6.45, 7) is 2.79. The number of nitrogens with one attached hydrogen (secondary N) is 1. The van der Waals surface area contributed by atoms with Crippen molar-refractivity contribution in [2.24, 2.45) is 0 Å². The second kappa shape index (κ2) is 6.39. The quantitative estimate of drug-likeness (QED) is 0.759. The van der Waals surface area contributed by atoms with Gasteiger partial charge < -0.3 is 10.1 Å². The predicted octanol–water partition coefficient (Wildman–Crippen LogP) is 5.46. The Balaban J connectivity index is 1.84. The second-order valence-electron chi connectivity index (χ2n) is 5.41. The Labute approximate surface area is 138 Å². The lowest BCUT2D eigenvalue weighted by molar-refractivity contribution is 0.469. The minimum absolute atomic E-state index is 0.639. The van der Waals surface area contributed by atoms with Gasteiger partial charge in [0.2, 0.25) is 0 Å². The van der Waals surface area contributed by atoms with Gasteiger partial charge in [0.05, 0.1) is 4.47 Å². The van der Waals surface area contributed by atoms with E-state index >= 15 is 0 Å². The van der Waals surface area contributed by atoms with Crippen molar-refractivity contribution in [2.75, 3.05) is 0 Å². The SMILES string of the molecule is Cc1ccc(Oc2cccc(Cl)c2CNC2CC2)c(Br)c1. The first-order chi connectivity index (χ1) is 10.1. The maximum Gasteiger partial charge on any atom is 0.141 e. The number of halogens is 2. The van der Waals surface area contributed by atoms with Gasteiger partial charge >= 0.3 is 0 Å². The fourth-order valence-corrected chi connectivity index (χ4v) is 2.95. The van der Waals surface area contributed by atoms with Crippen molar-refractivity contribution in [2.45, 2.75) is 32.4 Å². The molecule has 0 unspecified atom stereocenters. The van der Waals surface area contributed by atoms with Crippen LogP contribution in [0.4, 0.5) is 0 Å². The van der Waals surface area contributed by atoms with Gasteiger partial charge in [-0.25, -0.2) is 0 Å². The number of aryl methyl sites for hydroxylation is 1. The summed E-state index contributed by atoms with van der Waals surface area (Å²) in [5.41, 5.74) is 2.20. The molecule has 1 saturated carbocycles. The molecular weight excluding hydrogens is 350 g/mol. The molecular formula is C17H17BrClNO. The summed E-state index contributed by atoms with van der Waals surface area (Å²) < 4.78 is 7.01. The minimum atomic E-state index is 0.639. The molecule has 1 N–H and O–H groups in total. The third kappa shape index (κ3) is 3.79. The zero-order valence-electron chi connectivity index (χ0n) is 11.8. The summed E-state index contributed by atoms with van der Waals surface area (Å²) in [6, 6.07) is 12.5. The van der Waals surface area contributed by atoms with E-state index in [1.165, 1.54) is 18.4 Å². The zero-order valence-corrected chi connectivity index (χ0v) is 14.2. The molecule has 21 heavy (non-hydrogen) atoms. The van der Waals surface area contributed by atoms with E-state index < -0.39 is 0 Å². The molecule has 0 heterocycles. The first-order valence-electron chi connectivity index (χ1n) is 7.08. The van der Waals surface area contributed by atoms with Crippen LogP contribution in [0.2, 0.25) is 5.02 Å². The van der Waals surface area contributed by atoms with Crippen LogP contribution in [0.5, 0.6) is 11.5 Å². The molecule has 3 rings (SSSR count). The largest absolute Gasteiger partial charge is 0.456 e. The molecule has 0 aliphatic heterocycles. The van der Waals surface area contributed by atoms with Crippen LogP contribution in [-0.4, -0.2) is 6.04 Å². The van der Waals surface area contributed by atoms with E-state index in [1.807, 2.05) is 36.4 Å². The summed E-state index contributed by atoms with van der Waals surface area (Å²) in [4.78, 5) is 0. The Morgan fingerprint density at radius 1 is 1.24 bits per heavy atom. The normalized spacial score (nSPS) is 14.2. The Morgan fingerprint density at radius 2 is 2.05 bits per heavy atom. The Hall–Kier alpha value is -1.03. The number of benzene rings is 2. The fraction of sp³-hybridized carbons (Fsp3) is 0.294. The molecule has 2 aromatic carbocycles. The van der Waals surface area contributed by atoms with Gasteiger partial charge in [-0.15, -0.1) is 0 Å². The van der Waals surface area contributed by atoms with Gasteiger partial charge in [0.1, 0.15) is 11.5 Å². The molecule has 0 atom stereocenters. The maximum atomic E-state index is 6.33. The molecule has 0 spiro atoms. The van der Waals surface area contributed by atoms with E-state index in [9.17, 15) is 0 Å². The summed E-state index contributed by atoms with van der Waals surface area (Å²) in [7, 11) is 0. The van der Waals surface area contributed by atoms with Crippen molar-refractivity contribution >= 4 is 27.5 Å². The fourth-order valence-electron chi connectivity index (χ4n) is 2.15. The van der Waals surface area contributed by atoms with E-state index in [4.69, 9.17) is 16.3 Å². The third-order valence-electron chi connectivity index (χ3n) is 3.53. The average molecular weight is 367 g/mol. The molecule has 0 amide bonds. The third-order valence-corrected chi connectivity index (χ3v) is 4.50. The van der Waals surface area contributed by atoms with Crippen LogP contribution in [-0.2, 0) is 6.54 Å². The van der Waals surface area contributed by atoms with E-state index in [2.05, 4.69) is 28.2 Å². The van der Waals surface area contributed by atoms with Gasteiger partial charge in [0, 0.05) is 23.2 Å². The lowest BCUT2D eigenvalue weighted by atomic mass is 10.2. The van der Waals surface area contributed by atoms with Crippen LogP contribution >= 0.6 is 27.5 Å². The summed E-state index contributed by atoms with van der Waals surface area (Å²) in [6.07, 6.45) is 2.51. The van der Waals surface area contributed by atoms with Gasteiger partial charge in [-0.2, -0.15) is 0 Å². The first kappa shape index (κ1) is 14.9. The number of ether oxygens (including phenoxy) is 1. The van der Waals surface area contributed by atoms with Crippen molar-refractivity contribution in [1.29, 1.82) is 0 Å². The zero-order chi connectivity index (χ0) is 14.8. The van der Waals surface area contributed by atoms with Crippen molar-refractivity contribution in [3.63, 3.8) is 0 Å². The van der Waals surface area contributed by atoms with Crippen LogP contribution in [0.25, 0.3) is 0 Å². The molecule has 1 fully saturated rings. The van der Waals surface area contributed by atoms with Gasteiger partial charge in [0.15, 0.2) is 0 Å². The standard InChI is InChI=1S/C17H17BrClNO/c1-11-5-8-17(14(18)9-11)21-16-4-2-3-15(19)13(16)10-20-12-6-7-12/h2-5,8-9,12,20H,6-7,10H2,1H3. The Bertz CT molecular complexity index is 655. The van der Waals surface area contributed by atoms with Crippen LogP contribution in [0, 0.1) is 6.92 Å². The summed E-state index contributed by atoms with van der Waals surface area (Å²) in [5, 5.41) is 4.23. The predicted molar refractivity (Wildman–Crippen MR) is 90.3 cm³/mol. The smallest absolute Gasteiger partial charge is 0.141 e. The number of rotatable bonds is 5. The highest BCUT2D eigenvalue weighted by Crippen LogP contribution is 2.35. The maximum absolute atomic E-state index is 6.33. The second-order valence-corrected chi connectivity index (χ2v) is 6.67. The van der Waals surface area contributed by atoms with E-state index in [0.29, 0.717) is 6.04 Å². The molecule has 0 radical (unpaired) electrons. The van der Waals surface area contributed by atoms with Crippen molar-refractivity contribution in [3.05, 3.63) is 57.0 Å². The number of hydrogen-bond donors (Lipinski definition) is 1. The summed E-state index contributed by atoms with van der Waals surface area (Å²) >= 11 is 9.88. The Morgan fingerprint density at radius 3 is 2.76 bits per heavy atom.